The van der Waals surface area contributed by atoms with Crippen LogP contribution in [0.3, 0.4) is 0 Å². The molecule has 2 aromatic rings. The number of nitrogens with one attached hydrogen (secondary N) is 1. The van der Waals surface area contributed by atoms with Crippen LogP contribution in [0.15, 0.2) is 34.8 Å². The average molecular weight is 290 g/mol. The molecule has 1 unspecified atom stereocenters. The smallest absolute Gasteiger partial charge is 0.334 e. The zero-order valence-corrected chi connectivity index (χ0v) is 11.3. The second-order valence-electron chi connectivity index (χ2n) is 4.16. The van der Waals surface area contributed by atoms with Crippen molar-refractivity contribution in [2.24, 2.45) is 0 Å². The molecule has 21 heavy (non-hydrogen) atoms. The molecule has 110 valence electrons. The number of fused-ring (bicyclic) bond motifs is 1. The Bertz CT molecular complexity index is 644. The van der Waals surface area contributed by atoms with Gasteiger partial charge in [-0.25, -0.2) is 9.78 Å². The molecule has 0 saturated carbocycles. The predicted molar refractivity (Wildman–Crippen MR) is 74.5 cm³/mol. The highest BCUT2D eigenvalue weighted by Gasteiger charge is 2.16. The lowest BCUT2D eigenvalue weighted by Gasteiger charge is -2.09. The molecule has 0 fully saturated rings. The Morgan fingerprint density at radius 3 is 2.90 bits per heavy atom. The van der Waals surface area contributed by atoms with Gasteiger partial charge in [-0.05, 0) is 12.1 Å². The van der Waals surface area contributed by atoms with Crippen LogP contribution < -0.4 is 5.32 Å². The summed E-state index contributed by atoms with van der Waals surface area (Å²) in [6.07, 6.45) is 1.56. The Balaban J connectivity index is 1.94. The minimum atomic E-state index is -1.14. The van der Waals surface area contributed by atoms with Crippen molar-refractivity contribution in [2.75, 3.05) is 13.7 Å². The summed E-state index contributed by atoms with van der Waals surface area (Å²) in [5, 5.41) is 11.2. The van der Waals surface area contributed by atoms with Crippen molar-refractivity contribution in [2.45, 2.75) is 6.10 Å². The maximum atomic E-state index is 11.6. The van der Waals surface area contributed by atoms with Crippen molar-refractivity contribution in [1.82, 2.24) is 10.3 Å². The number of carboxylic acids is 1. The zero-order valence-electron chi connectivity index (χ0n) is 11.3. The molecule has 0 radical (unpaired) electrons. The number of benzene rings is 1. The largest absolute Gasteiger partial charge is 0.479 e. The number of carbonyl (C=O) groups excluding carboxylic acids is 1. The molecule has 1 amide bonds. The number of oxazole rings is 1. The number of rotatable bonds is 6. The molecule has 1 atom stereocenters. The Morgan fingerprint density at radius 2 is 2.24 bits per heavy atom. The maximum absolute atomic E-state index is 11.6. The van der Waals surface area contributed by atoms with E-state index < -0.39 is 18.0 Å². The molecule has 2 N–H and O–H groups in total. The van der Waals surface area contributed by atoms with E-state index in [2.05, 4.69) is 10.3 Å². The molecule has 0 aliphatic heterocycles. The van der Waals surface area contributed by atoms with E-state index in [4.69, 9.17) is 14.3 Å². The van der Waals surface area contributed by atoms with Gasteiger partial charge in [-0.1, -0.05) is 12.1 Å². The Hall–Kier alpha value is -2.67. The molecule has 0 aliphatic carbocycles. The van der Waals surface area contributed by atoms with Gasteiger partial charge in [0.2, 0.25) is 11.8 Å². The van der Waals surface area contributed by atoms with Gasteiger partial charge in [0.15, 0.2) is 11.7 Å². The van der Waals surface area contributed by atoms with E-state index in [1.54, 1.807) is 12.1 Å². The molecule has 2 rings (SSSR count). The van der Waals surface area contributed by atoms with E-state index in [-0.39, 0.29) is 6.54 Å². The first kappa shape index (κ1) is 14.7. The van der Waals surface area contributed by atoms with Crippen molar-refractivity contribution in [1.29, 1.82) is 0 Å². The number of nitrogens with zero attached hydrogens (tertiary/aromatic N) is 1. The summed E-state index contributed by atoms with van der Waals surface area (Å²) < 4.78 is 10.1. The number of aromatic nitrogens is 1. The lowest BCUT2D eigenvalue weighted by atomic mass is 10.3. The predicted octanol–water partition coefficient (Wildman–Crippen LogP) is 1.06. The summed E-state index contributed by atoms with van der Waals surface area (Å²) in [5.74, 6) is -1.30. The summed E-state index contributed by atoms with van der Waals surface area (Å²) >= 11 is 0. The first-order valence-corrected chi connectivity index (χ1v) is 6.17. The van der Waals surface area contributed by atoms with Crippen LogP contribution >= 0.6 is 0 Å². The van der Waals surface area contributed by atoms with Crippen molar-refractivity contribution in [3.05, 3.63) is 36.2 Å². The molecule has 1 heterocycles. The van der Waals surface area contributed by atoms with Crippen LogP contribution in [-0.4, -0.2) is 41.7 Å². The van der Waals surface area contributed by atoms with E-state index in [0.717, 1.165) is 0 Å². The van der Waals surface area contributed by atoms with Gasteiger partial charge in [0.1, 0.15) is 5.52 Å². The van der Waals surface area contributed by atoms with Crippen molar-refractivity contribution in [3.8, 4) is 0 Å². The minimum absolute atomic E-state index is 0.122. The van der Waals surface area contributed by atoms with Gasteiger partial charge in [0, 0.05) is 19.3 Å². The number of methoxy groups -OCH3 is 1. The first-order valence-electron chi connectivity index (χ1n) is 6.17. The highest BCUT2D eigenvalue weighted by Crippen LogP contribution is 2.15. The maximum Gasteiger partial charge on any atom is 0.334 e. The fraction of sp³-hybridized carbons (Fsp3) is 0.214. The molecular weight excluding hydrogens is 276 g/mol. The molecule has 0 aliphatic rings. The Kier molecular flexibility index (Phi) is 4.68. The summed E-state index contributed by atoms with van der Waals surface area (Å²) in [4.78, 5) is 26.4. The number of para-hydroxylation sites is 2. The number of aliphatic carboxylic acids is 1. The molecule has 7 nitrogen and oxygen atoms in total. The van der Waals surface area contributed by atoms with E-state index in [1.807, 2.05) is 12.1 Å². The van der Waals surface area contributed by atoms with Gasteiger partial charge < -0.3 is 19.6 Å². The lowest BCUT2D eigenvalue weighted by molar-refractivity contribution is -0.148. The zero-order chi connectivity index (χ0) is 15.2. The molecule has 0 spiro atoms. The second kappa shape index (κ2) is 6.67. The third-order valence-electron chi connectivity index (χ3n) is 2.71. The molecule has 0 bridgehead atoms. The number of hydrogen-bond donors (Lipinski definition) is 2. The van der Waals surface area contributed by atoms with Crippen LogP contribution in [0.1, 0.15) is 5.89 Å². The summed E-state index contributed by atoms with van der Waals surface area (Å²) in [5.41, 5.74) is 1.32. The summed E-state index contributed by atoms with van der Waals surface area (Å²) in [7, 11) is 1.26. The highest BCUT2D eigenvalue weighted by atomic mass is 16.5. The monoisotopic (exact) mass is 290 g/mol. The van der Waals surface area contributed by atoms with E-state index >= 15 is 0 Å². The quantitative estimate of drug-likeness (QED) is 0.771. The number of hydrogen-bond acceptors (Lipinski definition) is 5. The van der Waals surface area contributed by atoms with Crippen LogP contribution in [0, 0.1) is 0 Å². The Morgan fingerprint density at radius 1 is 1.48 bits per heavy atom. The van der Waals surface area contributed by atoms with Gasteiger partial charge in [-0.3, -0.25) is 4.79 Å². The van der Waals surface area contributed by atoms with E-state index in [1.165, 1.54) is 19.3 Å². The van der Waals surface area contributed by atoms with E-state index in [9.17, 15) is 9.59 Å². The number of amides is 1. The van der Waals surface area contributed by atoms with Crippen molar-refractivity contribution in [3.63, 3.8) is 0 Å². The fourth-order valence-electron chi connectivity index (χ4n) is 1.63. The third kappa shape index (κ3) is 3.90. The fourth-order valence-corrected chi connectivity index (χ4v) is 1.63. The van der Waals surface area contributed by atoms with Gasteiger partial charge in [-0.2, -0.15) is 0 Å². The first-order chi connectivity index (χ1) is 10.1. The van der Waals surface area contributed by atoms with Gasteiger partial charge in [-0.15, -0.1) is 0 Å². The number of carboxylic acid groups (broad SMARTS) is 1. The van der Waals surface area contributed by atoms with Crippen LogP contribution in [0.25, 0.3) is 17.2 Å². The third-order valence-corrected chi connectivity index (χ3v) is 2.71. The molecular formula is C14H14N2O5. The van der Waals surface area contributed by atoms with Crippen molar-refractivity contribution >= 4 is 29.1 Å². The standard InChI is InChI=1S/C14H14N2O5/c1-20-11(14(18)19)8-15-12(17)6-7-13-16-9-4-2-3-5-10(9)21-13/h2-7,11H,8H2,1H3,(H,15,17)(H,18,19)/b7-6+. The van der Waals surface area contributed by atoms with Crippen molar-refractivity contribution < 1.29 is 23.8 Å². The molecule has 1 aromatic carbocycles. The summed E-state index contributed by atoms with van der Waals surface area (Å²) in [6.45, 7) is -0.122. The highest BCUT2D eigenvalue weighted by molar-refractivity contribution is 5.91. The van der Waals surface area contributed by atoms with Gasteiger partial charge in [0.25, 0.3) is 0 Å². The van der Waals surface area contributed by atoms with Gasteiger partial charge >= 0.3 is 5.97 Å². The van der Waals surface area contributed by atoms with Crippen LogP contribution in [-0.2, 0) is 14.3 Å². The second-order valence-corrected chi connectivity index (χ2v) is 4.16. The number of ether oxygens (including phenoxy) is 1. The normalized spacial score (nSPS) is 12.6. The van der Waals surface area contributed by atoms with Gasteiger partial charge in [0.05, 0.1) is 6.54 Å². The Labute approximate surface area is 120 Å². The molecule has 7 heteroatoms. The molecule has 1 aromatic heterocycles. The number of carbonyl (C=O) groups is 2. The van der Waals surface area contributed by atoms with Crippen LogP contribution in [0.4, 0.5) is 0 Å². The topological polar surface area (TPSA) is 102 Å². The molecule has 0 saturated heterocycles. The SMILES string of the molecule is COC(CNC(=O)/C=C/c1nc2ccccc2o1)C(=O)O. The van der Waals surface area contributed by atoms with Crippen LogP contribution in [0.2, 0.25) is 0 Å². The van der Waals surface area contributed by atoms with E-state index in [0.29, 0.717) is 17.0 Å². The summed E-state index contributed by atoms with van der Waals surface area (Å²) in [6, 6.07) is 7.23. The average Bonchev–Trinajstić information content (AvgIpc) is 2.88. The van der Waals surface area contributed by atoms with Crippen LogP contribution in [0.5, 0.6) is 0 Å². The minimum Gasteiger partial charge on any atom is -0.479 e. The lowest BCUT2D eigenvalue weighted by Crippen LogP contribution is -2.37.